The minimum Gasteiger partial charge on any atom is -0.462 e. The van der Waals surface area contributed by atoms with Gasteiger partial charge in [-0.2, -0.15) is 0 Å². The van der Waals surface area contributed by atoms with Gasteiger partial charge < -0.3 is 19.8 Å². The van der Waals surface area contributed by atoms with Gasteiger partial charge in [0, 0.05) is 37.4 Å². The molecule has 1 aliphatic carbocycles. The number of aliphatic hydroxyl groups is 2. The topological polar surface area (TPSA) is 70.0 Å². The number of likely N-dealkylation sites (N-methyl/N-ethyl adjacent to an activating group) is 1. The van der Waals surface area contributed by atoms with Crippen molar-refractivity contribution < 1.29 is 24.2 Å². The molecule has 5 aliphatic heterocycles. The van der Waals surface area contributed by atoms with E-state index in [1.54, 1.807) is 0 Å². The molecule has 162 valence electrons. The number of anilines is 1. The van der Waals surface area contributed by atoms with Crippen molar-refractivity contribution in [2.45, 2.75) is 69.0 Å². The standard InChI is InChI=1S/C24H33N2O4/c1-4-13-14-10-17-21-24(15-8-6-7-9-16(15)25(21)3)11-18(20(14)22(24)28)26(17,23(13)29)12-19(27)30-5-2/h6-9,13-14,17-18,20-23,28-29H,4-5,10-12H2,1-3H3/q+1/t13-,14-,17-,18-,20+,21-,22-,23+,24-,26?/m0/s1. The van der Waals surface area contributed by atoms with Gasteiger partial charge in [0.1, 0.15) is 6.04 Å². The van der Waals surface area contributed by atoms with E-state index in [1.807, 2.05) is 6.92 Å². The summed E-state index contributed by atoms with van der Waals surface area (Å²) >= 11 is 0. The van der Waals surface area contributed by atoms with Gasteiger partial charge in [0.15, 0.2) is 12.8 Å². The van der Waals surface area contributed by atoms with Crippen LogP contribution >= 0.6 is 0 Å². The average molecular weight is 414 g/mol. The number of fused-ring (bicyclic) bond motifs is 2. The van der Waals surface area contributed by atoms with Crippen molar-refractivity contribution in [3.8, 4) is 0 Å². The van der Waals surface area contributed by atoms with Gasteiger partial charge in [-0.15, -0.1) is 0 Å². The maximum atomic E-state index is 12.8. The molecule has 1 saturated carbocycles. The normalized spacial score (nSPS) is 49.3. The summed E-state index contributed by atoms with van der Waals surface area (Å²) in [5.74, 6) is 0.361. The highest BCUT2D eigenvalue weighted by molar-refractivity contribution is 5.71. The van der Waals surface area contributed by atoms with Crippen molar-refractivity contribution in [3.63, 3.8) is 0 Å². The molecule has 1 spiro atoms. The van der Waals surface area contributed by atoms with Crippen LogP contribution in [0.2, 0.25) is 0 Å². The number of hydrogen-bond acceptors (Lipinski definition) is 5. The zero-order valence-corrected chi connectivity index (χ0v) is 18.1. The number of esters is 1. The highest BCUT2D eigenvalue weighted by Crippen LogP contribution is 2.71. The fourth-order valence-electron chi connectivity index (χ4n) is 9.13. The number of hydrogen-bond donors (Lipinski definition) is 2. The third-order valence-electron chi connectivity index (χ3n) is 9.83. The Morgan fingerprint density at radius 2 is 2.03 bits per heavy atom. The summed E-state index contributed by atoms with van der Waals surface area (Å²) in [7, 11) is 2.14. The second-order valence-corrected chi connectivity index (χ2v) is 10.3. The monoisotopic (exact) mass is 413 g/mol. The van der Waals surface area contributed by atoms with Crippen LogP contribution in [0.4, 0.5) is 5.69 Å². The predicted octanol–water partition coefficient (Wildman–Crippen LogP) is 1.63. The highest BCUT2D eigenvalue weighted by atomic mass is 16.5. The van der Waals surface area contributed by atoms with Gasteiger partial charge in [-0.1, -0.05) is 25.1 Å². The molecule has 5 bridgehead atoms. The summed E-state index contributed by atoms with van der Waals surface area (Å²) in [5, 5.41) is 23.7. The molecular weight excluding hydrogens is 380 g/mol. The molecule has 1 unspecified atom stereocenters. The summed E-state index contributed by atoms with van der Waals surface area (Å²) in [4.78, 5) is 15.2. The molecule has 6 aliphatic rings. The Labute approximate surface area is 178 Å². The van der Waals surface area contributed by atoms with Crippen LogP contribution in [0.1, 0.15) is 38.7 Å². The minimum absolute atomic E-state index is 0.0954. The number of rotatable bonds is 4. The lowest BCUT2D eigenvalue weighted by atomic mass is 9.60. The fraction of sp³-hybridized carbons (Fsp3) is 0.708. The Balaban J connectivity index is 1.57. The molecule has 6 heteroatoms. The van der Waals surface area contributed by atoms with Gasteiger partial charge in [-0.25, -0.2) is 4.79 Å². The second kappa shape index (κ2) is 5.99. The van der Waals surface area contributed by atoms with E-state index in [0.29, 0.717) is 17.0 Å². The van der Waals surface area contributed by atoms with Crippen LogP contribution in [0.15, 0.2) is 24.3 Å². The van der Waals surface area contributed by atoms with Crippen LogP contribution in [-0.4, -0.2) is 71.3 Å². The zero-order chi connectivity index (χ0) is 21.0. The molecule has 30 heavy (non-hydrogen) atoms. The van der Waals surface area contributed by atoms with Gasteiger partial charge in [-0.3, -0.25) is 4.48 Å². The van der Waals surface area contributed by atoms with E-state index in [0.717, 1.165) is 19.3 Å². The first-order valence-corrected chi connectivity index (χ1v) is 11.6. The van der Waals surface area contributed by atoms with E-state index in [2.05, 4.69) is 43.1 Å². The zero-order valence-electron chi connectivity index (χ0n) is 18.1. The van der Waals surface area contributed by atoms with Gasteiger partial charge >= 0.3 is 5.97 Å². The fourth-order valence-corrected chi connectivity index (χ4v) is 9.13. The Hall–Kier alpha value is -1.63. The molecule has 6 nitrogen and oxygen atoms in total. The molecular formula is C24H33N2O4+. The van der Waals surface area contributed by atoms with Gasteiger partial charge in [0.05, 0.1) is 30.2 Å². The lowest BCUT2D eigenvalue weighted by molar-refractivity contribution is -1.03. The first kappa shape index (κ1) is 19.1. The molecule has 4 saturated heterocycles. The second-order valence-electron chi connectivity index (χ2n) is 10.3. The summed E-state index contributed by atoms with van der Waals surface area (Å²) < 4.78 is 5.81. The SMILES string of the molecule is CCOC(=O)C[N+]12[C@H](O)[C@@H](CC)[C@@H]3C[C@H]1[C@@H]1N(C)c4ccccc4[C@@]14C[C@H]2[C@@H]3[C@@H]4O. The Morgan fingerprint density at radius 1 is 1.27 bits per heavy atom. The number of carbonyl (C=O) groups excluding carboxylic acids is 1. The van der Waals surface area contributed by atoms with Crippen molar-refractivity contribution >= 4 is 11.7 Å². The van der Waals surface area contributed by atoms with E-state index in [-0.39, 0.29) is 47.9 Å². The van der Waals surface area contributed by atoms with E-state index in [9.17, 15) is 15.0 Å². The number of piperidine rings is 4. The quantitative estimate of drug-likeness (QED) is 0.580. The summed E-state index contributed by atoms with van der Waals surface area (Å²) in [6.07, 6.45) is 1.69. The van der Waals surface area contributed by atoms with Crippen LogP contribution in [0, 0.1) is 17.8 Å². The molecule has 5 heterocycles. The first-order valence-electron chi connectivity index (χ1n) is 11.6. The molecule has 2 N–H and O–H groups in total. The Kier molecular flexibility index (Phi) is 3.81. The number of para-hydroxylation sites is 1. The number of carbonyl (C=O) groups is 1. The smallest absolute Gasteiger partial charge is 0.361 e. The number of quaternary nitrogens is 1. The van der Waals surface area contributed by atoms with E-state index in [1.165, 1.54) is 11.3 Å². The molecule has 10 atom stereocenters. The summed E-state index contributed by atoms with van der Waals surface area (Å²) in [5.41, 5.74) is 2.17. The number of nitrogens with zero attached hydrogens (tertiary/aromatic N) is 2. The van der Waals surface area contributed by atoms with E-state index >= 15 is 0 Å². The number of ether oxygens (including phenoxy) is 1. The van der Waals surface area contributed by atoms with E-state index < -0.39 is 12.3 Å². The van der Waals surface area contributed by atoms with Crippen molar-refractivity contribution in [2.24, 2.45) is 17.8 Å². The van der Waals surface area contributed by atoms with Crippen LogP contribution < -0.4 is 4.90 Å². The van der Waals surface area contributed by atoms with Gasteiger partial charge in [-0.05, 0) is 30.9 Å². The number of aliphatic hydroxyl groups excluding tert-OH is 2. The van der Waals surface area contributed by atoms with Crippen LogP contribution in [0.25, 0.3) is 0 Å². The van der Waals surface area contributed by atoms with Crippen molar-refractivity contribution in [3.05, 3.63) is 29.8 Å². The van der Waals surface area contributed by atoms with Gasteiger partial charge in [0.2, 0.25) is 0 Å². The Bertz CT molecular complexity index is 907. The van der Waals surface area contributed by atoms with Gasteiger partial charge in [0.25, 0.3) is 0 Å². The third kappa shape index (κ3) is 1.83. The molecule has 1 aromatic carbocycles. The van der Waals surface area contributed by atoms with Crippen molar-refractivity contribution in [1.29, 1.82) is 0 Å². The van der Waals surface area contributed by atoms with Crippen LogP contribution in [0.3, 0.4) is 0 Å². The molecule has 0 amide bonds. The first-order chi connectivity index (χ1) is 14.4. The highest BCUT2D eigenvalue weighted by Gasteiger charge is 2.83. The maximum Gasteiger partial charge on any atom is 0.361 e. The van der Waals surface area contributed by atoms with E-state index in [4.69, 9.17) is 4.74 Å². The number of benzene rings is 1. The lowest BCUT2D eigenvalue weighted by Crippen LogP contribution is -2.83. The summed E-state index contributed by atoms with van der Waals surface area (Å²) in [6.45, 7) is 4.55. The third-order valence-corrected chi connectivity index (χ3v) is 9.83. The lowest BCUT2D eigenvalue weighted by Gasteiger charge is -2.67. The molecule has 7 rings (SSSR count). The molecule has 0 aromatic heterocycles. The van der Waals surface area contributed by atoms with Crippen LogP contribution in [0.5, 0.6) is 0 Å². The van der Waals surface area contributed by atoms with Crippen molar-refractivity contribution in [1.82, 2.24) is 0 Å². The molecule has 5 fully saturated rings. The largest absolute Gasteiger partial charge is 0.462 e. The maximum absolute atomic E-state index is 12.8. The van der Waals surface area contributed by atoms with Crippen LogP contribution in [-0.2, 0) is 14.9 Å². The molecule has 0 radical (unpaired) electrons. The van der Waals surface area contributed by atoms with Crippen molar-refractivity contribution in [2.75, 3.05) is 25.1 Å². The predicted molar refractivity (Wildman–Crippen MR) is 112 cm³/mol. The average Bonchev–Trinajstić information content (AvgIpc) is 3.11. The Morgan fingerprint density at radius 3 is 2.77 bits per heavy atom. The minimum atomic E-state index is -0.565. The summed E-state index contributed by atoms with van der Waals surface area (Å²) in [6, 6.07) is 8.84. The molecule has 1 aromatic rings.